The lowest BCUT2D eigenvalue weighted by Crippen LogP contribution is -2.48. The summed E-state index contributed by atoms with van der Waals surface area (Å²) in [6.07, 6.45) is 3.03. The number of carbonyl (C=O) groups is 1. The van der Waals surface area contributed by atoms with Gasteiger partial charge in [0, 0.05) is 18.3 Å². The highest BCUT2D eigenvalue weighted by atomic mass is 16.3. The average Bonchev–Trinajstić information content (AvgIpc) is 3.15. The minimum atomic E-state index is -1.16. The van der Waals surface area contributed by atoms with Crippen LogP contribution in [0, 0.1) is 6.92 Å². The average molecular weight is 318 g/mol. The molecule has 0 spiro atoms. The zero-order chi connectivity index (χ0) is 16.6. The van der Waals surface area contributed by atoms with Crippen LogP contribution in [0.15, 0.2) is 12.3 Å². The number of amides is 1. The van der Waals surface area contributed by atoms with Crippen LogP contribution in [0.2, 0.25) is 0 Å². The molecule has 0 saturated carbocycles. The van der Waals surface area contributed by atoms with Gasteiger partial charge in [0.05, 0.1) is 12.7 Å². The van der Waals surface area contributed by atoms with E-state index >= 15 is 0 Å². The second-order valence-corrected chi connectivity index (χ2v) is 6.48. The standard InChI is InChI=1S/C15H22N6O2/c1-10(2)21-8-13(18-19-21)15(23)5-4-6-20(9-15)14(22)12-7-11(3)16-17-12/h7-8,10,23H,4-6,9H2,1-3H3,(H,16,17)/t15-/m0/s1. The van der Waals surface area contributed by atoms with Crippen molar-refractivity contribution in [2.75, 3.05) is 13.1 Å². The number of hydrogen-bond acceptors (Lipinski definition) is 5. The van der Waals surface area contributed by atoms with Crippen LogP contribution in [0.3, 0.4) is 0 Å². The summed E-state index contributed by atoms with van der Waals surface area (Å²) in [5.41, 5.74) is 0.562. The normalized spacial score (nSPS) is 21.9. The molecule has 2 N–H and O–H groups in total. The van der Waals surface area contributed by atoms with Crippen molar-refractivity contribution in [3.05, 3.63) is 29.3 Å². The molecule has 0 radical (unpaired) electrons. The lowest BCUT2D eigenvalue weighted by atomic mass is 9.90. The van der Waals surface area contributed by atoms with Crippen LogP contribution in [0.4, 0.5) is 0 Å². The summed E-state index contributed by atoms with van der Waals surface area (Å²) in [6, 6.07) is 1.89. The number of piperidine rings is 1. The second-order valence-electron chi connectivity index (χ2n) is 6.48. The van der Waals surface area contributed by atoms with Crippen LogP contribution in [0.25, 0.3) is 0 Å². The van der Waals surface area contributed by atoms with E-state index < -0.39 is 5.60 Å². The third-order valence-electron chi connectivity index (χ3n) is 4.20. The molecule has 1 aliphatic rings. The van der Waals surface area contributed by atoms with Crippen molar-refractivity contribution >= 4 is 5.91 Å². The molecular weight excluding hydrogens is 296 g/mol. The van der Waals surface area contributed by atoms with Gasteiger partial charge in [-0.15, -0.1) is 5.10 Å². The fourth-order valence-corrected chi connectivity index (χ4v) is 2.85. The molecule has 8 heteroatoms. The van der Waals surface area contributed by atoms with Crippen molar-refractivity contribution in [1.82, 2.24) is 30.1 Å². The van der Waals surface area contributed by atoms with Crippen LogP contribution >= 0.6 is 0 Å². The smallest absolute Gasteiger partial charge is 0.274 e. The van der Waals surface area contributed by atoms with Gasteiger partial charge in [-0.3, -0.25) is 9.89 Å². The number of carbonyl (C=O) groups excluding carboxylic acids is 1. The van der Waals surface area contributed by atoms with Crippen LogP contribution in [0.1, 0.15) is 54.6 Å². The Morgan fingerprint density at radius 3 is 2.87 bits per heavy atom. The predicted octanol–water partition coefficient (Wildman–Crippen LogP) is 1.01. The van der Waals surface area contributed by atoms with E-state index in [-0.39, 0.29) is 18.5 Å². The molecule has 0 bridgehead atoms. The van der Waals surface area contributed by atoms with E-state index in [0.717, 1.165) is 5.69 Å². The Morgan fingerprint density at radius 2 is 2.26 bits per heavy atom. The second kappa shape index (κ2) is 5.77. The number of aromatic nitrogens is 5. The number of nitrogens with zero attached hydrogens (tertiary/aromatic N) is 5. The third-order valence-corrected chi connectivity index (χ3v) is 4.20. The van der Waals surface area contributed by atoms with Crippen molar-refractivity contribution in [3.63, 3.8) is 0 Å². The summed E-state index contributed by atoms with van der Waals surface area (Å²) < 4.78 is 1.71. The Morgan fingerprint density at radius 1 is 1.48 bits per heavy atom. The molecule has 124 valence electrons. The van der Waals surface area contributed by atoms with Crippen molar-refractivity contribution in [1.29, 1.82) is 0 Å². The molecule has 1 amide bonds. The Labute approximate surface area is 134 Å². The minimum absolute atomic E-state index is 0.174. The highest BCUT2D eigenvalue weighted by Crippen LogP contribution is 2.31. The lowest BCUT2D eigenvalue weighted by Gasteiger charge is -2.37. The maximum Gasteiger partial charge on any atom is 0.274 e. The zero-order valence-corrected chi connectivity index (χ0v) is 13.7. The van der Waals surface area contributed by atoms with Gasteiger partial charge in [0.25, 0.3) is 5.91 Å². The van der Waals surface area contributed by atoms with Crippen LogP contribution in [0.5, 0.6) is 0 Å². The molecule has 3 heterocycles. The van der Waals surface area contributed by atoms with Gasteiger partial charge in [0.15, 0.2) is 0 Å². The molecule has 1 saturated heterocycles. The summed E-state index contributed by atoms with van der Waals surface area (Å²) in [6.45, 7) is 6.65. The largest absolute Gasteiger partial charge is 0.382 e. The number of aryl methyl sites for hydroxylation is 1. The summed E-state index contributed by atoms with van der Waals surface area (Å²) in [4.78, 5) is 14.2. The van der Waals surface area contributed by atoms with E-state index in [1.54, 1.807) is 21.8 Å². The van der Waals surface area contributed by atoms with Crippen LogP contribution in [-0.4, -0.2) is 54.2 Å². The predicted molar refractivity (Wildman–Crippen MR) is 82.8 cm³/mol. The fourth-order valence-electron chi connectivity index (χ4n) is 2.85. The molecule has 8 nitrogen and oxygen atoms in total. The number of H-pyrrole nitrogens is 1. The first-order valence-corrected chi connectivity index (χ1v) is 7.85. The summed E-state index contributed by atoms with van der Waals surface area (Å²) in [5.74, 6) is -0.177. The van der Waals surface area contributed by atoms with Gasteiger partial charge in [-0.1, -0.05) is 5.21 Å². The van der Waals surface area contributed by atoms with Crippen molar-refractivity contribution in [2.24, 2.45) is 0 Å². The first-order chi connectivity index (χ1) is 10.9. The minimum Gasteiger partial charge on any atom is -0.382 e. The molecule has 3 rings (SSSR count). The monoisotopic (exact) mass is 318 g/mol. The maximum atomic E-state index is 12.5. The molecule has 0 aromatic carbocycles. The van der Waals surface area contributed by atoms with Gasteiger partial charge in [-0.25, -0.2) is 4.68 Å². The number of β-amino-alcohol motifs (C(OH)–C–C–N with tert-alkyl or cyclic N) is 1. The van der Waals surface area contributed by atoms with Gasteiger partial charge < -0.3 is 10.0 Å². The molecule has 1 aliphatic heterocycles. The van der Waals surface area contributed by atoms with Gasteiger partial charge >= 0.3 is 0 Å². The third kappa shape index (κ3) is 2.98. The number of aliphatic hydroxyl groups is 1. The lowest BCUT2D eigenvalue weighted by molar-refractivity contribution is -0.0322. The highest BCUT2D eigenvalue weighted by Gasteiger charge is 2.39. The maximum absolute atomic E-state index is 12.5. The van der Waals surface area contributed by atoms with E-state index in [1.807, 2.05) is 20.8 Å². The van der Waals surface area contributed by atoms with Gasteiger partial charge in [-0.05, 0) is 39.7 Å². The molecule has 23 heavy (non-hydrogen) atoms. The highest BCUT2D eigenvalue weighted by molar-refractivity contribution is 5.92. The number of rotatable bonds is 3. The van der Waals surface area contributed by atoms with Gasteiger partial charge in [0.2, 0.25) is 0 Å². The SMILES string of the molecule is Cc1cc(C(=O)N2CCC[C@@](O)(c3cn(C(C)C)nn3)C2)n[nH]1. The summed E-state index contributed by atoms with van der Waals surface area (Å²) >= 11 is 0. The Hall–Kier alpha value is -2.22. The number of hydrogen-bond donors (Lipinski definition) is 2. The molecule has 2 aromatic rings. The Balaban J connectivity index is 1.80. The molecule has 1 atom stereocenters. The zero-order valence-electron chi connectivity index (χ0n) is 13.7. The number of aromatic amines is 1. The van der Waals surface area contributed by atoms with E-state index in [9.17, 15) is 9.90 Å². The number of nitrogens with one attached hydrogen (secondary N) is 1. The fraction of sp³-hybridized carbons (Fsp3) is 0.600. The first-order valence-electron chi connectivity index (χ1n) is 7.85. The van der Waals surface area contributed by atoms with Gasteiger partial charge in [-0.2, -0.15) is 5.10 Å². The Bertz CT molecular complexity index is 706. The van der Waals surface area contributed by atoms with E-state index in [0.29, 0.717) is 30.8 Å². The molecule has 1 fully saturated rings. The number of likely N-dealkylation sites (tertiary alicyclic amines) is 1. The van der Waals surface area contributed by atoms with Crippen molar-refractivity contribution in [3.8, 4) is 0 Å². The van der Waals surface area contributed by atoms with E-state index in [1.165, 1.54) is 0 Å². The quantitative estimate of drug-likeness (QED) is 0.880. The van der Waals surface area contributed by atoms with Gasteiger partial charge in [0.1, 0.15) is 17.0 Å². The molecule has 0 unspecified atom stereocenters. The van der Waals surface area contributed by atoms with E-state index in [4.69, 9.17) is 0 Å². The topological polar surface area (TPSA) is 99.9 Å². The van der Waals surface area contributed by atoms with Crippen LogP contribution in [-0.2, 0) is 5.60 Å². The molecule has 2 aromatic heterocycles. The van der Waals surface area contributed by atoms with Crippen LogP contribution < -0.4 is 0 Å². The molecular formula is C15H22N6O2. The Kier molecular flexibility index (Phi) is 3.93. The molecule has 0 aliphatic carbocycles. The summed E-state index contributed by atoms with van der Waals surface area (Å²) in [7, 11) is 0. The van der Waals surface area contributed by atoms with E-state index in [2.05, 4.69) is 20.5 Å². The van der Waals surface area contributed by atoms with Crippen molar-refractivity contribution in [2.45, 2.75) is 45.3 Å². The summed E-state index contributed by atoms with van der Waals surface area (Å²) in [5, 5.41) is 25.9. The van der Waals surface area contributed by atoms with Crippen molar-refractivity contribution < 1.29 is 9.90 Å². The first kappa shape index (κ1) is 15.7.